The summed E-state index contributed by atoms with van der Waals surface area (Å²) in [6, 6.07) is 8.04. The van der Waals surface area contributed by atoms with Crippen molar-refractivity contribution in [2.24, 2.45) is 0 Å². The predicted molar refractivity (Wildman–Crippen MR) is 117 cm³/mol. The molecule has 1 fully saturated rings. The molecular formula is C21H31N5O2S. The van der Waals surface area contributed by atoms with E-state index in [0.29, 0.717) is 12.8 Å². The van der Waals surface area contributed by atoms with Crippen molar-refractivity contribution in [2.75, 3.05) is 51.3 Å². The largest absolute Gasteiger partial charge is 0.497 e. The number of methoxy groups -OCH3 is 1. The number of nitrogens with one attached hydrogen (secondary N) is 1. The van der Waals surface area contributed by atoms with Gasteiger partial charge in [0.25, 0.3) is 0 Å². The first-order valence-electron chi connectivity index (χ1n) is 10.4. The number of hydrogen-bond acceptors (Lipinski definition) is 7. The van der Waals surface area contributed by atoms with Crippen molar-refractivity contribution >= 4 is 22.6 Å². The van der Waals surface area contributed by atoms with Crippen molar-refractivity contribution in [1.29, 1.82) is 0 Å². The second-order valence-electron chi connectivity index (χ2n) is 7.30. The van der Waals surface area contributed by atoms with Gasteiger partial charge in [-0.1, -0.05) is 25.5 Å². The lowest BCUT2D eigenvalue weighted by Gasteiger charge is -2.34. The van der Waals surface area contributed by atoms with Crippen LogP contribution in [0.5, 0.6) is 5.75 Å². The Balaban J connectivity index is 1.41. The van der Waals surface area contributed by atoms with Gasteiger partial charge in [0.2, 0.25) is 11.0 Å². The molecular weight excluding hydrogens is 386 g/mol. The maximum atomic E-state index is 11.7. The minimum Gasteiger partial charge on any atom is -0.497 e. The first-order valence-corrected chi connectivity index (χ1v) is 11.1. The molecule has 1 aliphatic rings. The molecule has 1 amide bonds. The van der Waals surface area contributed by atoms with Gasteiger partial charge in [-0.2, -0.15) is 4.37 Å². The van der Waals surface area contributed by atoms with Gasteiger partial charge in [-0.15, -0.1) is 0 Å². The summed E-state index contributed by atoms with van der Waals surface area (Å²) in [5, 5.41) is 4.01. The molecule has 0 bridgehead atoms. The molecule has 0 atom stereocenters. The van der Waals surface area contributed by atoms with E-state index in [-0.39, 0.29) is 5.91 Å². The van der Waals surface area contributed by atoms with Crippen molar-refractivity contribution in [3.8, 4) is 5.75 Å². The first-order chi connectivity index (χ1) is 14.2. The lowest BCUT2D eigenvalue weighted by Crippen LogP contribution is -2.48. The first kappa shape index (κ1) is 21.5. The summed E-state index contributed by atoms with van der Waals surface area (Å²) in [7, 11) is 1.68. The van der Waals surface area contributed by atoms with Crippen LogP contribution in [0, 0.1) is 0 Å². The molecule has 1 saturated heterocycles. The van der Waals surface area contributed by atoms with Crippen molar-refractivity contribution < 1.29 is 9.53 Å². The van der Waals surface area contributed by atoms with Gasteiger partial charge < -0.3 is 15.0 Å². The third-order valence-corrected chi connectivity index (χ3v) is 5.92. The number of carbonyl (C=O) groups is 1. The molecule has 0 spiro atoms. The van der Waals surface area contributed by atoms with Gasteiger partial charge in [-0.3, -0.25) is 9.69 Å². The van der Waals surface area contributed by atoms with Gasteiger partial charge in [0.15, 0.2) is 0 Å². The molecule has 0 saturated carbocycles. The number of benzene rings is 1. The van der Waals surface area contributed by atoms with Gasteiger partial charge in [0.05, 0.1) is 7.11 Å². The monoisotopic (exact) mass is 417 g/mol. The highest BCUT2D eigenvalue weighted by Gasteiger charge is 2.20. The molecule has 3 rings (SSSR count). The van der Waals surface area contributed by atoms with E-state index in [2.05, 4.69) is 32.5 Å². The minimum absolute atomic E-state index is 0.169. The molecule has 1 aromatic heterocycles. The second-order valence-corrected chi connectivity index (χ2v) is 8.03. The van der Waals surface area contributed by atoms with Gasteiger partial charge in [0, 0.05) is 63.6 Å². The Kier molecular flexibility index (Phi) is 8.25. The quantitative estimate of drug-likeness (QED) is 0.641. The van der Waals surface area contributed by atoms with Crippen molar-refractivity contribution in [1.82, 2.24) is 19.6 Å². The number of aromatic nitrogens is 2. The van der Waals surface area contributed by atoms with Crippen LogP contribution in [0.2, 0.25) is 0 Å². The fourth-order valence-corrected chi connectivity index (χ4v) is 4.09. The van der Waals surface area contributed by atoms with Crippen molar-refractivity contribution in [2.45, 2.75) is 32.6 Å². The minimum atomic E-state index is 0.169. The summed E-state index contributed by atoms with van der Waals surface area (Å²) in [5.74, 6) is 1.88. The second kappa shape index (κ2) is 11.1. The van der Waals surface area contributed by atoms with E-state index in [0.717, 1.165) is 74.4 Å². The number of ether oxygens (including phenoxy) is 1. The van der Waals surface area contributed by atoms with Gasteiger partial charge in [-0.05, 0) is 24.1 Å². The van der Waals surface area contributed by atoms with Crippen molar-refractivity contribution in [3.63, 3.8) is 0 Å². The molecule has 7 nitrogen and oxygen atoms in total. The molecule has 1 N–H and O–H groups in total. The highest BCUT2D eigenvalue weighted by Crippen LogP contribution is 2.21. The summed E-state index contributed by atoms with van der Waals surface area (Å²) in [6.45, 7) is 7.59. The smallest absolute Gasteiger partial charge is 0.220 e. The van der Waals surface area contributed by atoms with Crippen LogP contribution in [-0.2, 0) is 11.2 Å². The van der Waals surface area contributed by atoms with Crippen LogP contribution in [0.15, 0.2) is 24.3 Å². The summed E-state index contributed by atoms with van der Waals surface area (Å²) in [6.07, 6.45) is 3.37. The maximum absolute atomic E-state index is 11.7. The Morgan fingerprint density at radius 2 is 2.10 bits per heavy atom. The van der Waals surface area contributed by atoms with Crippen LogP contribution in [0.4, 0.5) is 5.13 Å². The molecule has 158 valence electrons. The van der Waals surface area contributed by atoms with E-state index in [1.165, 1.54) is 11.5 Å². The highest BCUT2D eigenvalue weighted by atomic mass is 32.1. The Morgan fingerprint density at radius 3 is 2.86 bits per heavy atom. The number of anilines is 1. The molecule has 0 aliphatic carbocycles. The van der Waals surface area contributed by atoms with Gasteiger partial charge >= 0.3 is 0 Å². The van der Waals surface area contributed by atoms with Gasteiger partial charge in [-0.25, -0.2) is 4.98 Å². The zero-order chi connectivity index (χ0) is 20.5. The Labute approximate surface area is 177 Å². The summed E-state index contributed by atoms with van der Waals surface area (Å²) >= 11 is 1.47. The van der Waals surface area contributed by atoms with Gasteiger partial charge in [0.1, 0.15) is 11.6 Å². The van der Waals surface area contributed by atoms with E-state index >= 15 is 0 Å². The van der Waals surface area contributed by atoms with E-state index in [4.69, 9.17) is 9.72 Å². The molecule has 1 aliphatic heterocycles. The Bertz CT molecular complexity index is 774. The van der Waals surface area contributed by atoms with Crippen molar-refractivity contribution in [3.05, 3.63) is 35.7 Å². The molecule has 0 unspecified atom stereocenters. The molecule has 2 heterocycles. The van der Waals surface area contributed by atoms with E-state index < -0.39 is 0 Å². The third-order valence-electron chi connectivity index (χ3n) is 5.10. The summed E-state index contributed by atoms with van der Waals surface area (Å²) < 4.78 is 9.83. The zero-order valence-electron chi connectivity index (χ0n) is 17.4. The maximum Gasteiger partial charge on any atom is 0.220 e. The Hall–Kier alpha value is -2.19. The lowest BCUT2D eigenvalue weighted by molar-refractivity contribution is -0.121. The van der Waals surface area contributed by atoms with Crippen LogP contribution < -0.4 is 15.0 Å². The number of unbranched alkanes of at least 4 members (excludes halogenated alkanes) is 1. The summed E-state index contributed by atoms with van der Waals surface area (Å²) in [5.41, 5.74) is 1.15. The highest BCUT2D eigenvalue weighted by molar-refractivity contribution is 7.09. The molecule has 0 radical (unpaired) electrons. The SMILES string of the molecule is CCCCC(=O)NCCN1CCN(c2nc(Cc3cccc(OC)c3)ns2)CC1. The number of amides is 1. The van der Waals surface area contributed by atoms with Crippen LogP contribution in [0.3, 0.4) is 0 Å². The summed E-state index contributed by atoms with van der Waals surface area (Å²) in [4.78, 5) is 21.1. The van der Waals surface area contributed by atoms with E-state index in [9.17, 15) is 4.79 Å². The number of nitrogens with zero attached hydrogens (tertiary/aromatic N) is 4. The number of piperazine rings is 1. The molecule has 29 heavy (non-hydrogen) atoms. The predicted octanol–water partition coefficient (Wildman–Crippen LogP) is 2.57. The lowest BCUT2D eigenvalue weighted by atomic mass is 10.1. The third kappa shape index (κ3) is 6.68. The molecule has 8 heteroatoms. The van der Waals surface area contributed by atoms with Crippen LogP contribution in [0.1, 0.15) is 37.6 Å². The number of hydrogen-bond donors (Lipinski definition) is 1. The molecule has 2 aromatic rings. The Morgan fingerprint density at radius 1 is 1.28 bits per heavy atom. The average molecular weight is 418 g/mol. The van der Waals surface area contributed by atoms with E-state index in [1.54, 1.807) is 7.11 Å². The van der Waals surface area contributed by atoms with Crippen LogP contribution in [0.25, 0.3) is 0 Å². The fourth-order valence-electron chi connectivity index (χ4n) is 3.35. The fraction of sp³-hybridized carbons (Fsp3) is 0.571. The normalized spacial score (nSPS) is 14.8. The number of rotatable bonds is 10. The molecule has 1 aromatic carbocycles. The number of carbonyl (C=O) groups excluding carboxylic acids is 1. The average Bonchev–Trinajstić information content (AvgIpc) is 3.21. The van der Waals surface area contributed by atoms with Crippen LogP contribution in [-0.4, -0.2) is 66.5 Å². The standard InChI is InChI=1S/C21H31N5O2S/c1-3-4-8-20(27)22-9-10-25-11-13-26(14-12-25)21-23-19(24-29-21)16-17-6-5-7-18(15-17)28-2/h5-7,15H,3-4,8-14,16H2,1-2H3,(H,22,27). The topological polar surface area (TPSA) is 70.6 Å². The van der Waals surface area contributed by atoms with Crippen LogP contribution >= 0.6 is 11.5 Å². The zero-order valence-corrected chi connectivity index (χ0v) is 18.2. The van der Waals surface area contributed by atoms with E-state index in [1.807, 2.05) is 18.2 Å².